The fourth-order valence-corrected chi connectivity index (χ4v) is 2.94. The molecule has 3 amide bonds. The molecular formula is C14H16N2O4S. The normalized spacial score (nSPS) is 18.2. The maximum atomic E-state index is 12.3. The van der Waals surface area contributed by atoms with Crippen LogP contribution in [-0.4, -0.2) is 40.6 Å². The van der Waals surface area contributed by atoms with Crippen molar-refractivity contribution in [3.8, 4) is 0 Å². The lowest BCUT2D eigenvalue weighted by Gasteiger charge is -2.14. The van der Waals surface area contributed by atoms with E-state index in [4.69, 9.17) is 5.11 Å². The van der Waals surface area contributed by atoms with Crippen LogP contribution in [-0.2, 0) is 9.59 Å². The molecular weight excluding hydrogens is 292 g/mol. The van der Waals surface area contributed by atoms with Gasteiger partial charge in [0.15, 0.2) is 0 Å². The van der Waals surface area contributed by atoms with E-state index in [9.17, 15) is 14.4 Å². The van der Waals surface area contributed by atoms with E-state index < -0.39 is 5.25 Å². The highest BCUT2D eigenvalue weighted by Crippen LogP contribution is 2.33. The smallest absolute Gasteiger partial charge is 0.293 e. The first-order valence-corrected chi connectivity index (χ1v) is 7.39. The lowest BCUT2D eigenvalue weighted by molar-refractivity contribution is -0.124. The number of carbonyl (C=O) groups is 3. The fourth-order valence-electron chi connectivity index (χ4n) is 1.95. The Morgan fingerprint density at radius 3 is 2.62 bits per heavy atom. The van der Waals surface area contributed by atoms with Crippen LogP contribution < -0.4 is 10.2 Å². The summed E-state index contributed by atoms with van der Waals surface area (Å²) in [6.07, 6.45) is -0.0718. The maximum absolute atomic E-state index is 12.3. The molecule has 1 aromatic carbocycles. The number of aryl methyl sites for hydroxylation is 1. The van der Waals surface area contributed by atoms with Gasteiger partial charge in [-0.3, -0.25) is 14.4 Å². The van der Waals surface area contributed by atoms with Crippen molar-refractivity contribution < 1.29 is 19.5 Å². The lowest BCUT2D eigenvalue weighted by Crippen LogP contribution is -2.35. The molecule has 7 heteroatoms. The van der Waals surface area contributed by atoms with Crippen molar-refractivity contribution in [3.05, 3.63) is 29.8 Å². The highest BCUT2D eigenvalue weighted by molar-refractivity contribution is 8.15. The van der Waals surface area contributed by atoms with Crippen molar-refractivity contribution in [1.82, 2.24) is 5.32 Å². The van der Waals surface area contributed by atoms with Gasteiger partial charge in [0.2, 0.25) is 11.8 Å². The van der Waals surface area contributed by atoms with Crippen LogP contribution in [0.25, 0.3) is 0 Å². The van der Waals surface area contributed by atoms with E-state index in [-0.39, 0.29) is 36.6 Å². The van der Waals surface area contributed by atoms with E-state index in [1.54, 1.807) is 12.1 Å². The van der Waals surface area contributed by atoms with Gasteiger partial charge in [-0.25, -0.2) is 4.90 Å². The zero-order valence-corrected chi connectivity index (χ0v) is 12.4. The number of carbonyl (C=O) groups excluding carboxylic acids is 3. The molecule has 2 N–H and O–H groups in total. The Morgan fingerprint density at radius 1 is 1.33 bits per heavy atom. The molecule has 1 aromatic rings. The van der Waals surface area contributed by atoms with Crippen molar-refractivity contribution in [2.75, 3.05) is 18.1 Å². The summed E-state index contributed by atoms with van der Waals surface area (Å²) in [6.45, 7) is 1.90. The second-order valence-corrected chi connectivity index (χ2v) is 5.81. The van der Waals surface area contributed by atoms with Gasteiger partial charge in [0, 0.05) is 13.0 Å². The van der Waals surface area contributed by atoms with E-state index in [1.807, 2.05) is 19.1 Å². The van der Waals surface area contributed by atoms with Crippen LogP contribution in [0.2, 0.25) is 0 Å². The minimum atomic E-state index is -0.711. The Bertz CT molecular complexity index is 559. The number of aliphatic hydroxyl groups is 1. The van der Waals surface area contributed by atoms with E-state index in [1.165, 1.54) is 0 Å². The van der Waals surface area contributed by atoms with Crippen molar-refractivity contribution in [3.63, 3.8) is 0 Å². The maximum Gasteiger partial charge on any atom is 0.293 e. The molecule has 0 radical (unpaired) electrons. The summed E-state index contributed by atoms with van der Waals surface area (Å²) < 4.78 is 0. The average molecular weight is 308 g/mol. The van der Waals surface area contributed by atoms with Crippen molar-refractivity contribution in [2.45, 2.75) is 18.6 Å². The minimum Gasteiger partial charge on any atom is -0.395 e. The Morgan fingerprint density at radius 2 is 2.00 bits per heavy atom. The van der Waals surface area contributed by atoms with Crippen molar-refractivity contribution in [2.24, 2.45) is 0 Å². The third kappa shape index (κ3) is 3.62. The summed E-state index contributed by atoms with van der Waals surface area (Å²) in [5.74, 6) is -0.735. The molecule has 1 atom stereocenters. The van der Waals surface area contributed by atoms with Gasteiger partial charge in [-0.15, -0.1) is 0 Å². The van der Waals surface area contributed by atoms with Gasteiger partial charge in [-0.2, -0.15) is 0 Å². The van der Waals surface area contributed by atoms with Crippen molar-refractivity contribution >= 4 is 34.5 Å². The number of thioether (sulfide) groups is 1. The van der Waals surface area contributed by atoms with Gasteiger partial charge in [0.1, 0.15) is 5.25 Å². The molecule has 1 unspecified atom stereocenters. The third-order valence-electron chi connectivity index (χ3n) is 3.02. The number of nitrogens with one attached hydrogen (secondary N) is 1. The highest BCUT2D eigenvalue weighted by Gasteiger charge is 2.41. The van der Waals surface area contributed by atoms with E-state index in [0.717, 1.165) is 22.2 Å². The molecule has 21 heavy (non-hydrogen) atoms. The number of imide groups is 1. The van der Waals surface area contributed by atoms with Crippen LogP contribution in [0.3, 0.4) is 0 Å². The number of nitrogens with zero attached hydrogens (tertiary/aromatic N) is 1. The molecule has 0 bridgehead atoms. The number of aliphatic hydroxyl groups excluding tert-OH is 1. The third-order valence-corrected chi connectivity index (χ3v) is 4.06. The molecule has 1 fully saturated rings. The predicted molar refractivity (Wildman–Crippen MR) is 80.2 cm³/mol. The van der Waals surface area contributed by atoms with E-state index >= 15 is 0 Å². The number of hydrogen-bond donors (Lipinski definition) is 2. The predicted octanol–water partition coefficient (Wildman–Crippen LogP) is 1.06. The van der Waals surface area contributed by atoms with Crippen molar-refractivity contribution in [1.29, 1.82) is 0 Å². The Balaban J connectivity index is 2.06. The second-order valence-electron chi connectivity index (χ2n) is 4.66. The Labute approximate surface area is 126 Å². The summed E-state index contributed by atoms with van der Waals surface area (Å²) in [6, 6.07) is 7.06. The minimum absolute atomic E-state index is 0.0718. The number of rotatable bonds is 5. The summed E-state index contributed by atoms with van der Waals surface area (Å²) in [7, 11) is 0. The molecule has 2 rings (SSSR count). The second kappa shape index (κ2) is 6.73. The van der Waals surface area contributed by atoms with Gasteiger partial charge in [-0.05, 0) is 30.8 Å². The molecule has 0 aliphatic carbocycles. The summed E-state index contributed by atoms with van der Waals surface area (Å²) in [5.41, 5.74) is 1.55. The highest BCUT2D eigenvalue weighted by atomic mass is 32.2. The molecule has 0 saturated carbocycles. The van der Waals surface area contributed by atoms with Gasteiger partial charge in [0.25, 0.3) is 5.24 Å². The molecule has 1 aliphatic heterocycles. The van der Waals surface area contributed by atoms with E-state index in [2.05, 4.69) is 5.32 Å². The molecule has 1 saturated heterocycles. The first kappa shape index (κ1) is 15.5. The quantitative estimate of drug-likeness (QED) is 0.849. The number of anilines is 1. The fraction of sp³-hybridized carbons (Fsp3) is 0.357. The van der Waals surface area contributed by atoms with Gasteiger partial charge in [0.05, 0.1) is 12.3 Å². The van der Waals surface area contributed by atoms with Gasteiger partial charge < -0.3 is 10.4 Å². The first-order valence-electron chi connectivity index (χ1n) is 6.51. The zero-order chi connectivity index (χ0) is 15.4. The summed E-state index contributed by atoms with van der Waals surface area (Å²) in [5, 5.41) is 10.0. The van der Waals surface area contributed by atoms with Crippen LogP contribution >= 0.6 is 11.8 Å². The first-order chi connectivity index (χ1) is 10.0. The molecule has 0 spiro atoms. The van der Waals surface area contributed by atoms with Crippen LogP contribution in [0.5, 0.6) is 0 Å². The zero-order valence-electron chi connectivity index (χ0n) is 11.5. The average Bonchev–Trinajstić information content (AvgIpc) is 2.72. The molecule has 6 nitrogen and oxygen atoms in total. The van der Waals surface area contributed by atoms with Crippen LogP contribution in [0.1, 0.15) is 12.0 Å². The number of hydrogen-bond acceptors (Lipinski definition) is 5. The monoisotopic (exact) mass is 308 g/mol. The molecule has 0 aromatic heterocycles. The Hall–Kier alpha value is -1.86. The van der Waals surface area contributed by atoms with E-state index in [0.29, 0.717) is 5.69 Å². The van der Waals surface area contributed by atoms with Gasteiger partial charge >= 0.3 is 0 Å². The topological polar surface area (TPSA) is 86.7 Å². The summed E-state index contributed by atoms with van der Waals surface area (Å²) >= 11 is 0.857. The molecule has 1 heterocycles. The standard InChI is InChI=1S/C14H16N2O4S/c1-9-2-4-10(5-3-9)16-13(19)11(21-14(16)20)8-12(18)15-6-7-17/h2-5,11,17H,6-8H2,1H3,(H,15,18). The van der Waals surface area contributed by atoms with Crippen LogP contribution in [0.4, 0.5) is 10.5 Å². The van der Waals surface area contributed by atoms with Gasteiger partial charge in [-0.1, -0.05) is 17.7 Å². The number of benzene rings is 1. The molecule has 112 valence electrons. The molecule has 1 aliphatic rings. The Kier molecular flexibility index (Phi) is 4.98. The lowest BCUT2D eigenvalue weighted by atomic mass is 10.2. The van der Waals surface area contributed by atoms with Crippen LogP contribution in [0, 0.1) is 6.92 Å². The number of amides is 3. The SMILES string of the molecule is Cc1ccc(N2C(=O)SC(CC(=O)NCCO)C2=O)cc1. The van der Waals surface area contributed by atoms with Crippen LogP contribution in [0.15, 0.2) is 24.3 Å². The summed E-state index contributed by atoms with van der Waals surface area (Å²) in [4.78, 5) is 36.9. The largest absolute Gasteiger partial charge is 0.395 e.